The standard InChI is InChI=1S/C10H10BrFN2/c11-6-3-8-9(4-7(6)12)14-10(1-2-10)5-13-8/h3-4,13-14H,1-2,5H2. The third kappa shape index (κ3) is 1.21. The Labute approximate surface area is 90.0 Å². The van der Waals surface area contributed by atoms with Crippen molar-refractivity contribution in [3.8, 4) is 0 Å². The average Bonchev–Trinajstić information content (AvgIpc) is 2.89. The van der Waals surface area contributed by atoms with Crippen LogP contribution in [0.25, 0.3) is 0 Å². The molecule has 0 atom stereocenters. The van der Waals surface area contributed by atoms with Crippen molar-refractivity contribution in [2.24, 2.45) is 0 Å². The van der Waals surface area contributed by atoms with Gasteiger partial charge in [0.05, 0.1) is 21.4 Å². The molecule has 0 bridgehead atoms. The molecule has 0 saturated heterocycles. The lowest BCUT2D eigenvalue weighted by molar-refractivity contribution is 0.620. The first-order valence-corrected chi connectivity index (χ1v) is 5.49. The van der Waals surface area contributed by atoms with Crippen LogP contribution < -0.4 is 10.6 Å². The maximum absolute atomic E-state index is 13.3. The van der Waals surface area contributed by atoms with Crippen LogP contribution in [0.5, 0.6) is 0 Å². The van der Waals surface area contributed by atoms with Gasteiger partial charge in [-0.1, -0.05) is 0 Å². The summed E-state index contributed by atoms with van der Waals surface area (Å²) >= 11 is 3.18. The van der Waals surface area contributed by atoms with Crippen LogP contribution >= 0.6 is 15.9 Å². The summed E-state index contributed by atoms with van der Waals surface area (Å²) in [5.41, 5.74) is 2.08. The van der Waals surface area contributed by atoms with Gasteiger partial charge >= 0.3 is 0 Å². The second-order valence-corrected chi connectivity index (χ2v) is 4.93. The second-order valence-electron chi connectivity index (χ2n) is 4.07. The van der Waals surface area contributed by atoms with E-state index in [1.807, 2.05) is 0 Å². The van der Waals surface area contributed by atoms with E-state index in [2.05, 4.69) is 26.6 Å². The largest absolute Gasteiger partial charge is 0.381 e. The molecule has 0 radical (unpaired) electrons. The van der Waals surface area contributed by atoms with Crippen LogP contribution in [0.4, 0.5) is 15.8 Å². The van der Waals surface area contributed by atoms with Crippen LogP contribution in [0.15, 0.2) is 16.6 Å². The van der Waals surface area contributed by atoms with Crippen LogP contribution in [0.2, 0.25) is 0 Å². The van der Waals surface area contributed by atoms with E-state index in [4.69, 9.17) is 0 Å². The van der Waals surface area contributed by atoms with Gasteiger partial charge in [-0.15, -0.1) is 0 Å². The molecule has 74 valence electrons. The van der Waals surface area contributed by atoms with Crippen LogP contribution in [-0.4, -0.2) is 12.1 Å². The number of hydrogen-bond acceptors (Lipinski definition) is 2. The predicted molar refractivity (Wildman–Crippen MR) is 58.2 cm³/mol. The number of fused-ring (bicyclic) bond motifs is 1. The molecule has 3 rings (SSSR count). The highest BCUT2D eigenvalue weighted by atomic mass is 79.9. The molecule has 14 heavy (non-hydrogen) atoms. The number of nitrogens with one attached hydrogen (secondary N) is 2. The van der Waals surface area contributed by atoms with E-state index < -0.39 is 0 Å². The number of halogens is 2. The Kier molecular flexibility index (Phi) is 1.60. The van der Waals surface area contributed by atoms with Crippen LogP contribution in [0.3, 0.4) is 0 Å². The first-order chi connectivity index (χ1) is 6.69. The highest BCUT2D eigenvalue weighted by Crippen LogP contribution is 2.44. The molecule has 1 heterocycles. The Hall–Kier alpha value is -0.770. The van der Waals surface area contributed by atoms with E-state index in [1.54, 1.807) is 12.1 Å². The fraction of sp³-hybridized carbons (Fsp3) is 0.400. The summed E-state index contributed by atoms with van der Waals surface area (Å²) in [6.45, 7) is 0.943. The molecule has 1 fully saturated rings. The van der Waals surface area contributed by atoms with E-state index in [1.165, 1.54) is 12.8 Å². The molecule has 1 saturated carbocycles. The molecule has 0 aromatic heterocycles. The van der Waals surface area contributed by atoms with Gasteiger partial charge in [-0.3, -0.25) is 0 Å². The summed E-state index contributed by atoms with van der Waals surface area (Å²) in [4.78, 5) is 0. The highest BCUT2D eigenvalue weighted by Gasteiger charge is 2.44. The third-order valence-corrected chi connectivity index (χ3v) is 3.54. The minimum atomic E-state index is -0.212. The van der Waals surface area contributed by atoms with Crippen LogP contribution in [0, 0.1) is 5.82 Å². The van der Waals surface area contributed by atoms with Gasteiger partial charge < -0.3 is 10.6 Å². The van der Waals surface area contributed by atoms with Gasteiger partial charge in [0.1, 0.15) is 5.82 Å². The maximum Gasteiger partial charge on any atom is 0.139 e. The lowest BCUT2D eigenvalue weighted by Crippen LogP contribution is -2.34. The number of anilines is 2. The van der Waals surface area contributed by atoms with Crippen molar-refractivity contribution < 1.29 is 4.39 Å². The predicted octanol–water partition coefficient (Wildman–Crippen LogP) is 2.96. The zero-order valence-electron chi connectivity index (χ0n) is 7.53. The molecule has 0 amide bonds. The molecule has 1 aliphatic carbocycles. The average molecular weight is 257 g/mol. The molecule has 1 spiro atoms. The summed E-state index contributed by atoms with van der Waals surface area (Å²) in [5, 5.41) is 6.72. The molecule has 2 aliphatic rings. The van der Waals surface area contributed by atoms with E-state index in [0.717, 1.165) is 17.9 Å². The van der Waals surface area contributed by atoms with Crippen LogP contribution in [0.1, 0.15) is 12.8 Å². The fourth-order valence-electron chi connectivity index (χ4n) is 1.84. The molecule has 2 N–H and O–H groups in total. The van der Waals surface area contributed by atoms with Crippen molar-refractivity contribution in [3.63, 3.8) is 0 Å². The molecule has 4 heteroatoms. The number of hydrogen-bond donors (Lipinski definition) is 2. The van der Waals surface area contributed by atoms with Gasteiger partial charge in [-0.25, -0.2) is 4.39 Å². The Morgan fingerprint density at radius 3 is 2.79 bits per heavy atom. The third-order valence-electron chi connectivity index (χ3n) is 2.93. The normalized spacial score (nSPS) is 21.0. The molecule has 0 unspecified atom stereocenters. The fourth-order valence-corrected chi connectivity index (χ4v) is 2.19. The van der Waals surface area contributed by atoms with Gasteiger partial charge in [0.25, 0.3) is 0 Å². The van der Waals surface area contributed by atoms with Gasteiger partial charge in [0, 0.05) is 12.6 Å². The molecule has 1 aromatic rings. The Morgan fingerprint density at radius 1 is 1.29 bits per heavy atom. The van der Waals surface area contributed by atoms with Crippen LogP contribution in [-0.2, 0) is 0 Å². The van der Waals surface area contributed by atoms with E-state index in [-0.39, 0.29) is 11.4 Å². The van der Waals surface area contributed by atoms with Crippen molar-refractivity contribution in [1.82, 2.24) is 0 Å². The Morgan fingerprint density at radius 2 is 2.07 bits per heavy atom. The smallest absolute Gasteiger partial charge is 0.139 e. The monoisotopic (exact) mass is 256 g/mol. The summed E-state index contributed by atoms with van der Waals surface area (Å²) in [7, 11) is 0. The lowest BCUT2D eigenvalue weighted by atomic mass is 10.1. The minimum absolute atomic E-state index is 0.212. The Balaban J connectivity index is 2.04. The zero-order chi connectivity index (χ0) is 9.76. The van der Waals surface area contributed by atoms with Gasteiger partial charge in [-0.2, -0.15) is 0 Å². The topological polar surface area (TPSA) is 24.1 Å². The number of rotatable bonds is 0. The quantitative estimate of drug-likeness (QED) is 0.746. The Bertz CT molecular complexity index is 401. The maximum atomic E-state index is 13.3. The highest BCUT2D eigenvalue weighted by molar-refractivity contribution is 9.10. The van der Waals surface area contributed by atoms with Crippen molar-refractivity contribution in [2.45, 2.75) is 18.4 Å². The summed E-state index contributed by atoms with van der Waals surface area (Å²) in [6, 6.07) is 3.33. The minimum Gasteiger partial charge on any atom is -0.381 e. The zero-order valence-corrected chi connectivity index (χ0v) is 9.12. The first-order valence-electron chi connectivity index (χ1n) is 4.70. The van der Waals surface area contributed by atoms with Crippen molar-refractivity contribution in [1.29, 1.82) is 0 Å². The van der Waals surface area contributed by atoms with Crippen molar-refractivity contribution >= 4 is 27.3 Å². The van der Waals surface area contributed by atoms with Gasteiger partial charge in [-0.05, 0) is 34.8 Å². The number of benzene rings is 1. The molecular weight excluding hydrogens is 247 g/mol. The van der Waals surface area contributed by atoms with Crippen molar-refractivity contribution in [3.05, 3.63) is 22.4 Å². The second kappa shape index (κ2) is 2.63. The van der Waals surface area contributed by atoms with E-state index in [9.17, 15) is 4.39 Å². The first kappa shape index (κ1) is 8.53. The van der Waals surface area contributed by atoms with E-state index >= 15 is 0 Å². The molecule has 1 aromatic carbocycles. The van der Waals surface area contributed by atoms with Crippen molar-refractivity contribution in [2.75, 3.05) is 17.2 Å². The van der Waals surface area contributed by atoms with Gasteiger partial charge in [0.15, 0.2) is 0 Å². The molecule has 2 nitrogen and oxygen atoms in total. The summed E-state index contributed by atoms with van der Waals surface area (Å²) in [5.74, 6) is -0.212. The van der Waals surface area contributed by atoms with E-state index in [0.29, 0.717) is 4.47 Å². The molecular formula is C10H10BrFN2. The molecule has 1 aliphatic heterocycles. The summed E-state index contributed by atoms with van der Waals surface area (Å²) in [6.07, 6.45) is 2.36. The summed E-state index contributed by atoms with van der Waals surface area (Å²) < 4.78 is 13.8. The lowest BCUT2D eigenvalue weighted by Gasteiger charge is -2.28. The van der Waals surface area contributed by atoms with Gasteiger partial charge in [0.2, 0.25) is 0 Å². The SMILES string of the molecule is Fc1cc2c(cc1Br)NCC1(CC1)N2.